The number of ether oxygens (including phenoxy) is 2. The summed E-state index contributed by atoms with van der Waals surface area (Å²) < 4.78 is 11.0. The van der Waals surface area contributed by atoms with Crippen molar-refractivity contribution in [2.75, 3.05) is 26.3 Å². The number of hydrogen-bond acceptors (Lipinski definition) is 5. The zero-order valence-electron chi connectivity index (χ0n) is 18.4. The fourth-order valence-corrected chi connectivity index (χ4v) is 3.62. The summed E-state index contributed by atoms with van der Waals surface area (Å²) in [6, 6.07) is 16.0. The summed E-state index contributed by atoms with van der Waals surface area (Å²) >= 11 is 0. The molecule has 2 aromatic carbocycles. The van der Waals surface area contributed by atoms with Crippen LogP contribution in [-0.2, 0) is 20.7 Å². The Labute approximate surface area is 188 Å². The van der Waals surface area contributed by atoms with Crippen molar-refractivity contribution in [3.63, 3.8) is 0 Å². The van der Waals surface area contributed by atoms with E-state index in [2.05, 4.69) is 5.32 Å². The van der Waals surface area contributed by atoms with E-state index in [9.17, 15) is 14.4 Å². The van der Waals surface area contributed by atoms with Gasteiger partial charge >= 0.3 is 5.97 Å². The van der Waals surface area contributed by atoms with E-state index in [4.69, 9.17) is 9.47 Å². The number of benzene rings is 2. The van der Waals surface area contributed by atoms with Gasteiger partial charge in [-0.1, -0.05) is 49.4 Å². The molecular formula is C25H30N2O5. The molecule has 7 nitrogen and oxygen atoms in total. The first-order chi connectivity index (χ1) is 15.6. The van der Waals surface area contributed by atoms with Gasteiger partial charge in [0.05, 0.1) is 25.2 Å². The average Bonchev–Trinajstić information content (AvgIpc) is 2.82. The Hall–Kier alpha value is -3.35. The molecule has 0 spiro atoms. The number of carbonyl (C=O) groups is 3. The molecule has 1 unspecified atom stereocenters. The molecule has 1 fully saturated rings. The van der Waals surface area contributed by atoms with Gasteiger partial charge in [-0.15, -0.1) is 0 Å². The number of hydrogen-bond donors (Lipinski definition) is 1. The number of nitrogens with zero attached hydrogens (tertiary/aromatic N) is 1. The van der Waals surface area contributed by atoms with Gasteiger partial charge < -0.3 is 19.7 Å². The van der Waals surface area contributed by atoms with E-state index in [0.717, 1.165) is 12.8 Å². The Bertz CT molecular complexity index is 916. The molecule has 3 rings (SSSR count). The van der Waals surface area contributed by atoms with Gasteiger partial charge in [-0.05, 0) is 37.0 Å². The van der Waals surface area contributed by atoms with Crippen molar-refractivity contribution in [3.8, 4) is 5.75 Å². The summed E-state index contributed by atoms with van der Waals surface area (Å²) in [5.74, 6) is -0.688. The monoisotopic (exact) mass is 438 g/mol. The Kier molecular flexibility index (Phi) is 8.66. The Morgan fingerprint density at radius 1 is 1.06 bits per heavy atom. The third-order valence-electron chi connectivity index (χ3n) is 5.25. The highest BCUT2D eigenvalue weighted by Gasteiger charge is 2.36. The fourth-order valence-electron chi connectivity index (χ4n) is 3.62. The van der Waals surface area contributed by atoms with Crippen molar-refractivity contribution in [2.45, 2.75) is 38.6 Å². The molecule has 1 aliphatic heterocycles. The molecule has 0 bridgehead atoms. The Morgan fingerprint density at radius 3 is 2.59 bits per heavy atom. The van der Waals surface area contributed by atoms with Crippen LogP contribution in [0.4, 0.5) is 0 Å². The molecule has 1 saturated heterocycles. The van der Waals surface area contributed by atoms with Gasteiger partial charge in [0, 0.05) is 13.1 Å². The quantitative estimate of drug-likeness (QED) is 0.455. The molecule has 2 amide bonds. The molecule has 1 aliphatic rings. The number of nitrogens with one attached hydrogen (secondary N) is 1. The normalized spacial score (nSPS) is 15.7. The van der Waals surface area contributed by atoms with Gasteiger partial charge in [0.1, 0.15) is 11.8 Å². The first kappa shape index (κ1) is 23.3. The Morgan fingerprint density at radius 2 is 1.81 bits per heavy atom. The van der Waals surface area contributed by atoms with Crippen molar-refractivity contribution in [2.24, 2.45) is 0 Å². The van der Waals surface area contributed by atoms with Crippen LogP contribution >= 0.6 is 0 Å². The smallest absolute Gasteiger partial charge is 0.308 e. The van der Waals surface area contributed by atoms with E-state index >= 15 is 0 Å². The van der Waals surface area contributed by atoms with Gasteiger partial charge in [0.15, 0.2) is 0 Å². The summed E-state index contributed by atoms with van der Waals surface area (Å²) in [7, 11) is 0. The lowest BCUT2D eigenvalue weighted by Gasteiger charge is -2.34. The van der Waals surface area contributed by atoms with E-state index < -0.39 is 12.0 Å². The van der Waals surface area contributed by atoms with E-state index in [1.54, 1.807) is 24.3 Å². The van der Waals surface area contributed by atoms with Crippen molar-refractivity contribution in [1.82, 2.24) is 10.2 Å². The predicted molar refractivity (Wildman–Crippen MR) is 120 cm³/mol. The van der Waals surface area contributed by atoms with E-state index in [1.165, 1.54) is 10.5 Å². The molecule has 2 aromatic rings. The van der Waals surface area contributed by atoms with Crippen molar-refractivity contribution < 1.29 is 23.9 Å². The molecule has 0 saturated carbocycles. The standard InChI is InChI=1S/C25H30N2O5/c1-2-16-31-22-13-7-6-12-20(22)25(30)27-15-14-26-24(29)21(27)18-23(28)32-17-8-11-19-9-4-3-5-10-19/h3-7,9-10,12-13,21H,2,8,11,14-18H2,1H3,(H,26,29). The number of esters is 1. The summed E-state index contributed by atoms with van der Waals surface area (Å²) in [6.07, 6.45) is 2.13. The summed E-state index contributed by atoms with van der Waals surface area (Å²) in [5.41, 5.74) is 1.56. The molecule has 32 heavy (non-hydrogen) atoms. The second kappa shape index (κ2) is 11.9. The fraction of sp³-hybridized carbons (Fsp3) is 0.400. The van der Waals surface area contributed by atoms with Crippen LogP contribution in [0, 0.1) is 0 Å². The highest BCUT2D eigenvalue weighted by Crippen LogP contribution is 2.23. The maximum Gasteiger partial charge on any atom is 0.308 e. The molecule has 0 aromatic heterocycles. The lowest BCUT2D eigenvalue weighted by Crippen LogP contribution is -2.57. The zero-order chi connectivity index (χ0) is 22.8. The first-order valence-electron chi connectivity index (χ1n) is 11.1. The molecule has 0 radical (unpaired) electrons. The lowest BCUT2D eigenvalue weighted by atomic mass is 10.1. The number of rotatable bonds is 10. The number of amides is 2. The van der Waals surface area contributed by atoms with Gasteiger partial charge in [-0.2, -0.15) is 0 Å². The molecule has 0 aliphatic carbocycles. The van der Waals surface area contributed by atoms with Crippen LogP contribution in [0.2, 0.25) is 0 Å². The van der Waals surface area contributed by atoms with Crippen LogP contribution in [0.5, 0.6) is 5.75 Å². The lowest BCUT2D eigenvalue weighted by molar-refractivity contribution is -0.147. The molecule has 1 atom stereocenters. The molecule has 7 heteroatoms. The number of carbonyl (C=O) groups excluding carboxylic acids is 3. The molecule has 1 N–H and O–H groups in total. The summed E-state index contributed by atoms with van der Waals surface area (Å²) in [4.78, 5) is 39.6. The minimum atomic E-state index is -0.905. The summed E-state index contributed by atoms with van der Waals surface area (Å²) in [6.45, 7) is 3.40. The van der Waals surface area contributed by atoms with Crippen LogP contribution < -0.4 is 10.1 Å². The van der Waals surface area contributed by atoms with Crippen LogP contribution in [0.3, 0.4) is 0 Å². The SMILES string of the molecule is CCCOc1ccccc1C(=O)N1CCNC(=O)C1CC(=O)OCCCc1ccccc1. The van der Waals surface area contributed by atoms with E-state index in [-0.39, 0.29) is 24.8 Å². The topological polar surface area (TPSA) is 84.9 Å². The van der Waals surface area contributed by atoms with Crippen LogP contribution in [-0.4, -0.2) is 55.0 Å². The second-order valence-corrected chi connectivity index (χ2v) is 7.66. The van der Waals surface area contributed by atoms with Gasteiger partial charge in [0.2, 0.25) is 5.91 Å². The first-order valence-corrected chi connectivity index (χ1v) is 11.1. The molecule has 170 valence electrons. The second-order valence-electron chi connectivity index (χ2n) is 7.66. The maximum absolute atomic E-state index is 13.3. The third-order valence-corrected chi connectivity index (χ3v) is 5.25. The maximum atomic E-state index is 13.3. The number of para-hydroxylation sites is 1. The zero-order valence-corrected chi connectivity index (χ0v) is 18.4. The average molecular weight is 439 g/mol. The third kappa shape index (κ3) is 6.33. The van der Waals surface area contributed by atoms with Gasteiger partial charge in [-0.3, -0.25) is 14.4 Å². The van der Waals surface area contributed by atoms with Gasteiger partial charge in [0.25, 0.3) is 5.91 Å². The van der Waals surface area contributed by atoms with Crippen LogP contribution in [0.15, 0.2) is 54.6 Å². The largest absolute Gasteiger partial charge is 0.493 e. The number of piperazine rings is 1. The highest BCUT2D eigenvalue weighted by atomic mass is 16.5. The Balaban J connectivity index is 1.59. The van der Waals surface area contributed by atoms with Gasteiger partial charge in [-0.25, -0.2) is 0 Å². The van der Waals surface area contributed by atoms with Crippen molar-refractivity contribution in [3.05, 3.63) is 65.7 Å². The van der Waals surface area contributed by atoms with Crippen molar-refractivity contribution in [1.29, 1.82) is 0 Å². The van der Waals surface area contributed by atoms with Crippen molar-refractivity contribution >= 4 is 17.8 Å². The molecule has 1 heterocycles. The van der Waals surface area contributed by atoms with E-state index in [0.29, 0.717) is 37.4 Å². The minimum absolute atomic E-state index is 0.180. The number of aryl methyl sites for hydroxylation is 1. The van der Waals surface area contributed by atoms with E-state index in [1.807, 2.05) is 37.3 Å². The van der Waals surface area contributed by atoms with Crippen LogP contribution in [0.25, 0.3) is 0 Å². The highest BCUT2D eigenvalue weighted by molar-refractivity contribution is 6.01. The van der Waals surface area contributed by atoms with Crippen LogP contribution in [0.1, 0.15) is 42.1 Å². The minimum Gasteiger partial charge on any atom is -0.493 e. The summed E-state index contributed by atoms with van der Waals surface area (Å²) in [5, 5.41) is 2.74. The molecular weight excluding hydrogens is 408 g/mol. The predicted octanol–water partition coefficient (Wildman–Crippen LogP) is 2.98.